The molecule has 0 radical (unpaired) electrons. The van der Waals surface area contributed by atoms with Crippen LogP contribution in [-0.4, -0.2) is 45.9 Å². The molecule has 5 nitrogen and oxygen atoms in total. The molecule has 0 aromatic carbocycles. The van der Waals surface area contributed by atoms with Gasteiger partial charge in [-0.25, -0.2) is 0 Å². The molecule has 5 heteroatoms. The second-order valence-electron chi connectivity index (χ2n) is 6.14. The summed E-state index contributed by atoms with van der Waals surface area (Å²) in [6.07, 6.45) is 11.3. The molecule has 116 valence electrons. The van der Waals surface area contributed by atoms with Gasteiger partial charge in [0.05, 0.1) is 18.7 Å². The number of aromatic nitrogens is 2. The third-order valence-electron chi connectivity index (χ3n) is 4.61. The highest BCUT2D eigenvalue weighted by Gasteiger charge is 2.27. The Bertz CT molecular complexity index is 440. The van der Waals surface area contributed by atoms with Crippen LogP contribution in [0, 0.1) is 0 Å². The minimum Gasteiger partial charge on any atom is -0.378 e. The molecule has 2 aliphatic rings. The molecule has 2 aliphatic heterocycles. The number of ether oxygens (including phenoxy) is 1. The van der Waals surface area contributed by atoms with E-state index < -0.39 is 0 Å². The van der Waals surface area contributed by atoms with Crippen LogP contribution in [0.1, 0.15) is 44.9 Å². The van der Waals surface area contributed by atoms with Crippen LogP contribution in [-0.2, 0) is 16.1 Å². The van der Waals surface area contributed by atoms with Crippen LogP contribution in [0.25, 0.3) is 0 Å². The summed E-state index contributed by atoms with van der Waals surface area (Å²) in [4.78, 5) is 14.6. The Balaban J connectivity index is 1.53. The molecular weight excluding hydrogens is 266 g/mol. The van der Waals surface area contributed by atoms with E-state index in [1.54, 1.807) is 6.20 Å². The summed E-state index contributed by atoms with van der Waals surface area (Å²) in [5.41, 5.74) is 0. The van der Waals surface area contributed by atoms with E-state index in [1.807, 2.05) is 16.9 Å². The molecule has 1 amide bonds. The van der Waals surface area contributed by atoms with Crippen LogP contribution in [0.15, 0.2) is 18.5 Å². The molecule has 0 saturated carbocycles. The second-order valence-corrected chi connectivity index (χ2v) is 6.14. The maximum atomic E-state index is 12.5. The zero-order chi connectivity index (χ0) is 14.5. The van der Waals surface area contributed by atoms with Crippen molar-refractivity contribution in [1.82, 2.24) is 14.7 Å². The van der Waals surface area contributed by atoms with E-state index in [4.69, 9.17) is 4.74 Å². The zero-order valence-electron chi connectivity index (χ0n) is 12.6. The van der Waals surface area contributed by atoms with Gasteiger partial charge in [0.2, 0.25) is 5.91 Å². The fraction of sp³-hybridized carbons (Fsp3) is 0.750. The van der Waals surface area contributed by atoms with Gasteiger partial charge in [0.25, 0.3) is 0 Å². The van der Waals surface area contributed by atoms with E-state index >= 15 is 0 Å². The third kappa shape index (κ3) is 3.84. The molecule has 2 atom stereocenters. The van der Waals surface area contributed by atoms with Gasteiger partial charge in [-0.3, -0.25) is 9.48 Å². The summed E-state index contributed by atoms with van der Waals surface area (Å²) < 4.78 is 7.56. The van der Waals surface area contributed by atoms with Crippen LogP contribution >= 0.6 is 0 Å². The average molecular weight is 291 g/mol. The highest BCUT2D eigenvalue weighted by atomic mass is 16.5. The van der Waals surface area contributed by atoms with Crippen molar-refractivity contribution in [3.05, 3.63) is 18.5 Å². The summed E-state index contributed by atoms with van der Waals surface area (Å²) in [5, 5.41) is 4.27. The lowest BCUT2D eigenvalue weighted by Gasteiger charge is -2.36. The molecule has 0 bridgehead atoms. The van der Waals surface area contributed by atoms with E-state index in [2.05, 4.69) is 10.00 Å². The van der Waals surface area contributed by atoms with Crippen LogP contribution in [0.5, 0.6) is 0 Å². The lowest BCUT2D eigenvalue weighted by molar-refractivity contribution is -0.135. The molecule has 21 heavy (non-hydrogen) atoms. The summed E-state index contributed by atoms with van der Waals surface area (Å²) in [6.45, 7) is 2.58. The quantitative estimate of drug-likeness (QED) is 0.836. The Kier molecular flexibility index (Phi) is 4.91. The van der Waals surface area contributed by atoms with Crippen LogP contribution < -0.4 is 0 Å². The van der Waals surface area contributed by atoms with Crippen molar-refractivity contribution in [3.63, 3.8) is 0 Å². The summed E-state index contributed by atoms with van der Waals surface area (Å²) in [7, 11) is 0. The summed E-state index contributed by atoms with van der Waals surface area (Å²) in [6, 6.07) is 2.24. The minimum atomic E-state index is 0.294. The topological polar surface area (TPSA) is 47.4 Å². The van der Waals surface area contributed by atoms with Crippen LogP contribution in [0.4, 0.5) is 0 Å². The molecule has 0 aliphatic carbocycles. The number of piperidine rings is 1. The highest BCUT2D eigenvalue weighted by Crippen LogP contribution is 2.22. The Hall–Kier alpha value is -1.36. The monoisotopic (exact) mass is 291 g/mol. The van der Waals surface area contributed by atoms with Gasteiger partial charge in [0, 0.05) is 32.0 Å². The van der Waals surface area contributed by atoms with Gasteiger partial charge in [0.15, 0.2) is 0 Å². The van der Waals surface area contributed by atoms with E-state index in [0.29, 0.717) is 24.5 Å². The Morgan fingerprint density at radius 2 is 2.24 bits per heavy atom. The number of likely N-dealkylation sites (tertiary alicyclic amines) is 1. The average Bonchev–Trinajstić information content (AvgIpc) is 3.18. The molecule has 0 spiro atoms. The maximum Gasteiger partial charge on any atom is 0.222 e. The van der Waals surface area contributed by atoms with Crippen molar-refractivity contribution in [2.45, 2.75) is 63.6 Å². The normalized spacial score (nSPS) is 26.2. The van der Waals surface area contributed by atoms with Gasteiger partial charge in [-0.1, -0.05) is 0 Å². The molecule has 2 saturated heterocycles. The predicted octanol–water partition coefficient (Wildman–Crippen LogP) is 2.22. The molecule has 1 aromatic rings. The van der Waals surface area contributed by atoms with E-state index in [0.717, 1.165) is 51.8 Å². The SMILES string of the molecule is O=C(CC[C@@H]1CCCO1)N1CCCC[C@@H]1Cn1cccn1. The smallest absolute Gasteiger partial charge is 0.222 e. The highest BCUT2D eigenvalue weighted by molar-refractivity contribution is 5.76. The molecule has 1 aromatic heterocycles. The van der Waals surface area contributed by atoms with Crippen molar-refractivity contribution in [1.29, 1.82) is 0 Å². The Labute approximate surface area is 126 Å². The first kappa shape index (κ1) is 14.6. The minimum absolute atomic E-state index is 0.294. The van der Waals surface area contributed by atoms with E-state index in [1.165, 1.54) is 6.42 Å². The second kappa shape index (κ2) is 7.07. The largest absolute Gasteiger partial charge is 0.378 e. The van der Waals surface area contributed by atoms with Gasteiger partial charge in [-0.2, -0.15) is 5.10 Å². The van der Waals surface area contributed by atoms with Crippen molar-refractivity contribution >= 4 is 5.91 Å². The first-order valence-electron chi connectivity index (χ1n) is 8.21. The number of nitrogens with zero attached hydrogens (tertiary/aromatic N) is 3. The molecule has 0 unspecified atom stereocenters. The first-order valence-corrected chi connectivity index (χ1v) is 8.21. The maximum absolute atomic E-state index is 12.5. The number of hydrogen-bond acceptors (Lipinski definition) is 3. The zero-order valence-corrected chi connectivity index (χ0v) is 12.6. The molecular formula is C16H25N3O2. The van der Waals surface area contributed by atoms with Crippen molar-refractivity contribution in [2.24, 2.45) is 0 Å². The van der Waals surface area contributed by atoms with E-state index in [9.17, 15) is 4.79 Å². The summed E-state index contributed by atoms with van der Waals surface area (Å²) >= 11 is 0. The number of carbonyl (C=O) groups is 1. The van der Waals surface area contributed by atoms with Gasteiger partial charge in [-0.15, -0.1) is 0 Å². The number of amides is 1. The van der Waals surface area contributed by atoms with Gasteiger partial charge in [0.1, 0.15) is 0 Å². The first-order chi connectivity index (χ1) is 10.3. The molecule has 2 fully saturated rings. The van der Waals surface area contributed by atoms with Gasteiger partial charge < -0.3 is 9.64 Å². The standard InChI is InChI=1S/C16H25N3O2/c20-16(8-7-15-6-3-12-21-15)19-11-2-1-5-14(19)13-18-10-4-9-17-18/h4,9-10,14-15H,1-3,5-8,11-13H2/t14-,15+/m1/s1. The predicted molar refractivity (Wildman–Crippen MR) is 79.8 cm³/mol. The lowest BCUT2D eigenvalue weighted by atomic mass is 10.0. The van der Waals surface area contributed by atoms with E-state index in [-0.39, 0.29) is 0 Å². The number of hydrogen-bond donors (Lipinski definition) is 0. The fourth-order valence-corrected chi connectivity index (χ4v) is 3.44. The van der Waals surface area contributed by atoms with Crippen LogP contribution in [0.3, 0.4) is 0 Å². The van der Waals surface area contributed by atoms with Crippen molar-refractivity contribution < 1.29 is 9.53 Å². The molecule has 3 heterocycles. The Morgan fingerprint density at radius 1 is 1.29 bits per heavy atom. The Morgan fingerprint density at radius 3 is 3.00 bits per heavy atom. The molecule has 3 rings (SSSR count). The van der Waals surface area contributed by atoms with Crippen molar-refractivity contribution in [3.8, 4) is 0 Å². The third-order valence-corrected chi connectivity index (χ3v) is 4.61. The van der Waals surface area contributed by atoms with Gasteiger partial charge >= 0.3 is 0 Å². The lowest BCUT2D eigenvalue weighted by Crippen LogP contribution is -2.46. The summed E-state index contributed by atoms with van der Waals surface area (Å²) in [5.74, 6) is 0.294. The number of carbonyl (C=O) groups excluding carboxylic acids is 1. The number of rotatable bonds is 5. The van der Waals surface area contributed by atoms with Crippen LogP contribution in [0.2, 0.25) is 0 Å². The van der Waals surface area contributed by atoms with Gasteiger partial charge in [-0.05, 0) is 44.6 Å². The van der Waals surface area contributed by atoms with Crippen molar-refractivity contribution in [2.75, 3.05) is 13.2 Å². The fourth-order valence-electron chi connectivity index (χ4n) is 3.44. The molecule has 0 N–H and O–H groups in total.